The van der Waals surface area contributed by atoms with E-state index >= 15 is 0 Å². The second kappa shape index (κ2) is 5.72. The Morgan fingerprint density at radius 1 is 1.17 bits per heavy atom. The molecule has 0 aromatic heterocycles. The Kier molecular flexibility index (Phi) is 4.02. The number of piperazine rings is 1. The average Bonchev–Trinajstić information content (AvgIpc) is 2.93. The van der Waals surface area contributed by atoms with Crippen molar-refractivity contribution in [3.05, 3.63) is 29.3 Å². The summed E-state index contributed by atoms with van der Waals surface area (Å²) in [5.74, 6) is 2.68. The smallest absolute Gasteiger partial charge is 0.0426 e. The van der Waals surface area contributed by atoms with E-state index in [-0.39, 0.29) is 0 Å². The third-order valence-electron chi connectivity index (χ3n) is 3.91. The number of nitrogens with zero attached hydrogens (tertiary/aromatic N) is 2. The van der Waals surface area contributed by atoms with Crippen LogP contribution in [0.15, 0.2) is 24.3 Å². The van der Waals surface area contributed by atoms with Gasteiger partial charge in [0.25, 0.3) is 0 Å². The van der Waals surface area contributed by atoms with Crippen molar-refractivity contribution in [2.24, 2.45) is 0 Å². The van der Waals surface area contributed by atoms with Crippen LogP contribution in [0, 0.1) is 0 Å². The van der Waals surface area contributed by atoms with E-state index in [1.807, 2.05) is 12.1 Å². The van der Waals surface area contributed by atoms with Crippen LogP contribution in [0.4, 0.5) is 5.69 Å². The molecule has 0 aliphatic carbocycles. The van der Waals surface area contributed by atoms with Crippen LogP contribution in [-0.2, 0) is 0 Å². The Hall–Kier alpha value is -0.380. The van der Waals surface area contributed by atoms with Gasteiger partial charge in [0.2, 0.25) is 0 Å². The molecule has 0 amide bonds. The monoisotopic (exact) mass is 282 g/mol. The zero-order valence-electron chi connectivity index (χ0n) is 10.5. The highest BCUT2D eigenvalue weighted by atomic mass is 35.5. The Bertz CT molecular complexity index is 399. The second-order valence-electron chi connectivity index (χ2n) is 5.02. The van der Waals surface area contributed by atoms with Gasteiger partial charge in [-0.15, -0.1) is 0 Å². The van der Waals surface area contributed by atoms with E-state index in [2.05, 4.69) is 33.7 Å². The topological polar surface area (TPSA) is 6.48 Å². The first-order valence-corrected chi connectivity index (χ1v) is 8.18. The summed E-state index contributed by atoms with van der Waals surface area (Å²) in [4.78, 5) is 5.12. The first-order chi connectivity index (χ1) is 8.83. The Morgan fingerprint density at radius 2 is 2.00 bits per heavy atom. The molecule has 0 saturated carbocycles. The van der Waals surface area contributed by atoms with E-state index in [0.717, 1.165) is 24.2 Å². The van der Waals surface area contributed by atoms with Gasteiger partial charge < -0.3 is 4.90 Å². The van der Waals surface area contributed by atoms with Crippen LogP contribution < -0.4 is 4.90 Å². The van der Waals surface area contributed by atoms with Crippen LogP contribution in [0.5, 0.6) is 0 Å². The van der Waals surface area contributed by atoms with Crippen LogP contribution in [0.1, 0.15) is 6.42 Å². The lowest BCUT2D eigenvalue weighted by atomic mass is 10.2. The molecule has 0 radical (unpaired) electrons. The predicted molar refractivity (Wildman–Crippen MR) is 81.0 cm³/mol. The molecular weight excluding hydrogens is 264 g/mol. The minimum Gasteiger partial charge on any atom is -0.369 e. The Morgan fingerprint density at radius 3 is 2.67 bits per heavy atom. The van der Waals surface area contributed by atoms with E-state index in [0.29, 0.717) is 0 Å². The van der Waals surface area contributed by atoms with Crippen molar-refractivity contribution < 1.29 is 0 Å². The van der Waals surface area contributed by atoms with Gasteiger partial charge in [-0.25, -0.2) is 0 Å². The van der Waals surface area contributed by atoms with Gasteiger partial charge in [-0.05, 0) is 30.4 Å². The van der Waals surface area contributed by atoms with Crippen molar-refractivity contribution in [3.63, 3.8) is 0 Å². The maximum atomic E-state index is 6.06. The molecule has 98 valence electrons. The summed E-state index contributed by atoms with van der Waals surface area (Å²) in [6, 6.07) is 9.04. The standard InChI is InChI=1S/C14H19ClN2S/c15-12-2-1-3-13(10-12)16-5-7-17(8-6-16)14-4-9-18-11-14/h1-3,10,14H,4-9,11H2/t14-/m0/s1. The summed E-state index contributed by atoms with van der Waals surface area (Å²) in [5.41, 5.74) is 1.27. The molecule has 0 spiro atoms. The summed E-state index contributed by atoms with van der Waals surface area (Å²) >= 11 is 8.16. The summed E-state index contributed by atoms with van der Waals surface area (Å²) in [6.07, 6.45) is 1.38. The molecule has 2 heterocycles. The van der Waals surface area contributed by atoms with E-state index in [9.17, 15) is 0 Å². The van der Waals surface area contributed by atoms with Gasteiger partial charge >= 0.3 is 0 Å². The van der Waals surface area contributed by atoms with Crippen LogP contribution >= 0.6 is 23.4 Å². The zero-order chi connectivity index (χ0) is 12.4. The van der Waals surface area contributed by atoms with Gasteiger partial charge in [-0.1, -0.05) is 17.7 Å². The molecule has 3 rings (SSSR count). The highest BCUT2D eigenvalue weighted by molar-refractivity contribution is 7.99. The molecule has 2 aliphatic rings. The van der Waals surface area contributed by atoms with Crippen molar-refractivity contribution in [2.45, 2.75) is 12.5 Å². The van der Waals surface area contributed by atoms with Crippen LogP contribution in [0.3, 0.4) is 0 Å². The molecule has 0 unspecified atom stereocenters. The summed E-state index contributed by atoms with van der Waals surface area (Å²) in [7, 11) is 0. The number of thioether (sulfide) groups is 1. The number of hydrogen-bond donors (Lipinski definition) is 0. The number of halogens is 1. The van der Waals surface area contributed by atoms with Crippen LogP contribution in [0.25, 0.3) is 0 Å². The molecule has 1 aromatic rings. The van der Waals surface area contributed by atoms with Crippen molar-refractivity contribution >= 4 is 29.1 Å². The quantitative estimate of drug-likeness (QED) is 0.823. The summed E-state index contributed by atoms with van der Waals surface area (Å²) < 4.78 is 0. The van der Waals surface area contributed by atoms with E-state index in [1.54, 1.807) is 0 Å². The number of anilines is 1. The second-order valence-corrected chi connectivity index (χ2v) is 6.61. The van der Waals surface area contributed by atoms with E-state index in [1.165, 1.54) is 36.7 Å². The fraction of sp³-hybridized carbons (Fsp3) is 0.571. The normalized spacial score (nSPS) is 25.6. The maximum absolute atomic E-state index is 6.06. The largest absolute Gasteiger partial charge is 0.369 e. The molecule has 0 bridgehead atoms. The van der Waals surface area contributed by atoms with Crippen LogP contribution in [-0.4, -0.2) is 48.6 Å². The molecule has 2 nitrogen and oxygen atoms in total. The highest BCUT2D eigenvalue weighted by Crippen LogP contribution is 2.25. The fourth-order valence-electron chi connectivity index (χ4n) is 2.83. The van der Waals surface area contributed by atoms with Crippen molar-refractivity contribution in [1.29, 1.82) is 0 Å². The molecule has 0 N–H and O–H groups in total. The molecule has 18 heavy (non-hydrogen) atoms. The SMILES string of the molecule is Clc1cccc(N2CCN([C@H]3CCSC3)CC2)c1. The lowest BCUT2D eigenvalue weighted by Crippen LogP contribution is -2.50. The van der Waals surface area contributed by atoms with Gasteiger partial charge in [0.05, 0.1) is 0 Å². The Labute approximate surface area is 118 Å². The van der Waals surface area contributed by atoms with Gasteiger partial charge in [-0.3, -0.25) is 4.90 Å². The summed E-state index contributed by atoms with van der Waals surface area (Å²) in [6.45, 7) is 4.64. The van der Waals surface area contributed by atoms with E-state index in [4.69, 9.17) is 11.6 Å². The minimum atomic E-state index is 0.830. The lowest BCUT2D eigenvalue weighted by Gasteiger charge is -2.39. The molecular formula is C14H19ClN2S. The molecule has 2 saturated heterocycles. The molecule has 1 aromatic carbocycles. The number of hydrogen-bond acceptors (Lipinski definition) is 3. The average molecular weight is 283 g/mol. The highest BCUT2D eigenvalue weighted by Gasteiger charge is 2.26. The third-order valence-corrected chi connectivity index (χ3v) is 5.29. The predicted octanol–water partition coefficient (Wildman–Crippen LogP) is 2.97. The van der Waals surface area contributed by atoms with Gasteiger partial charge in [0, 0.05) is 48.7 Å². The Balaban J connectivity index is 1.59. The maximum Gasteiger partial charge on any atom is 0.0426 e. The molecule has 2 fully saturated rings. The van der Waals surface area contributed by atoms with Crippen molar-refractivity contribution in [1.82, 2.24) is 4.90 Å². The first-order valence-electron chi connectivity index (χ1n) is 6.65. The number of benzene rings is 1. The fourth-order valence-corrected chi connectivity index (χ4v) is 4.27. The molecule has 1 atom stereocenters. The van der Waals surface area contributed by atoms with Crippen molar-refractivity contribution in [2.75, 3.05) is 42.6 Å². The molecule has 2 aliphatic heterocycles. The number of rotatable bonds is 2. The first kappa shape index (κ1) is 12.6. The zero-order valence-corrected chi connectivity index (χ0v) is 12.1. The third kappa shape index (κ3) is 2.79. The molecule has 4 heteroatoms. The van der Waals surface area contributed by atoms with Gasteiger partial charge in [0.15, 0.2) is 0 Å². The summed E-state index contributed by atoms with van der Waals surface area (Å²) in [5, 5.41) is 0.835. The minimum absolute atomic E-state index is 0.830. The van der Waals surface area contributed by atoms with Gasteiger partial charge in [-0.2, -0.15) is 11.8 Å². The van der Waals surface area contributed by atoms with Crippen molar-refractivity contribution in [3.8, 4) is 0 Å². The lowest BCUT2D eigenvalue weighted by molar-refractivity contribution is 0.201. The van der Waals surface area contributed by atoms with Crippen LogP contribution in [0.2, 0.25) is 5.02 Å². The van der Waals surface area contributed by atoms with Gasteiger partial charge in [0.1, 0.15) is 0 Å². The van der Waals surface area contributed by atoms with E-state index < -0.39 is 0 Å².